The number of hydrogen-bond acceptors (Lipinski definition) is 5. The largest absolute Gasteiger partial charge is 0.397 e. The standard InChI is InChI=1S/C22H21BrClFN6O2/c23-13-6-17(26)20(27-8-13)22(33)30-18(12-4-14(24)7-15(25)5-12)10-28-21(32)19-16(9-29-31-19)11-2-1-3-11/h4-9,11,18H,1-3,10,26H2,(H,28,32)(H,29,31)(H,30,33). The van der Waals surface area contributed by atoms with Gasteiger partial charge >= 0.3 is 0 Å². The summed E-state index contributed by atoms with van der Waals surface area (Å²) in [5, 5.41) is 12.5. The van der Waals surface area contributed by atoms with E-state index < -0.39 is 17.8 Å². The minimum Gasteiger partial charge on any atom is -0.397 e. The molecular weight excluding hydrogens is 515 g/mol. The molecule has 1 saturated carbocycles. The predicted octanol–water partition coefficient (Wildman–Crippen LogP) is 4.11. The molecule has 8 nitrogen and oxygen atoms in total. The summed E-state index contributed by atoms with van der Waals surface area (Å²) < 4.78 is 14.7. The third-order valence-corrected chi connectivity index (χ3v) is 6.25. The number of nitrogens with one attached hydrogen (secondary N) is 3. The second-order valence-corrected chi connectivity index (χ2v) is 9.21. The van der Waals surface area contributed by atoms with Crippen LogP contribution in [0.15, 0.2) is 41.1 Å². The molecule has 1 aromatic carbocycles. The summed E-state index contributed by atoms with van der Waals surface area (Å²) >= 11 is 9.27. The monoisotopic (exact) mass is 534 g/mol. The number of anilines is 1. The van der Waals surface area contributed by atoms with Crippen LogP contribution in [0.5, 0.6) is 0 Å². The highest BCUT2D eigenvalue weighted by Crippen LogP contribution is 2.37. The van der Waals surface area contributed by atoms with E-state index in [1.54, 1.807) is 12.3 Å². The van der Waals surface area contributed by atoms with Gasteiger partial charge in [0.2, 0.25) is 0 Å². The van der Waals surface area contributed by atoms with Crippen molar-refractivity contribution >= 4 is 45.0 Å². The number of nitrogens with zero attached hydrogens (tertiary/aromatic N) is 2. The number of amides is 2. The normalized spacial score (nSPS) is 14.4. The molecule has 1 fully saturated rings. The van der Waals surface area contributed by atoms with Gasteiger partial charge in [0.25, 0.3) is 11.8 Å². The zero-order chi connectivity index (χ0) is 23.5. The van der Waals surface area contributed by atoms with E-state index in [0.29, 0.717) is 21.6 Å². The molecule has 4 rings (SSSR count). The second-order valence-electron chi connectivity index (χ2n) is 7.86. The molecule has 11 heteroatoms. The van der Waals surface area contributed by atoms with Gasteiger partial charge < -0.3 is 16.4 Å². The first-order chi connectivity index (χ1) is 15.8. The van der Waals surface area contributed by atoms with Crippen LogP contribution >= 0.6 is 27.5 Å². The average Bonchev–Trinajstić information content (AvgIpc) is 3.17. The van der Waals surface area contributed by atoms with Crippen LogP contribution in [-0.4, -0.2) is 33.5 Å². The fourth-order valence-corrected chi connectivity index (χ4v) is 4.27. The SMILES string of the molecule is Nc1cc(Br)cnc1C(=O)NC(CNC(=O)c1[nH]ncc1C1CCC1)c1cc(F)cc(Cl)c1. The van der Waals surface area contributed by atoms with Gasteiger partial charge in [-0.15, -0.1) is 0 Å². The number of pyridine rings is 1. The minimum absolute atomic E-state index is 0.0119. The second kappa shape index (κ2) is 9.88. The van der Waals surface area contributed by atoms with Crippen LogP contribution < -0.4 is 16.4 Å². The van der Waals surface area contributed by atoms with Gasteiger partial charge in [-0.1, -0.05) is 18.0 Å². The Labute approximate surface area is 202 Å². The van der Waals surface area contributed by atoms with Gasteiger partial charge in [-0.3, -0.25) is 14.7 Å². The number of carbonyl (C=O) groups is 2. The molecule has 2 aromatic heterocycles. The van der Waals surface area contributed by atoms with Gasteiger partial charge in [-0.05, 0) is 64.5 Å². The maximum Gasteiger partial charge on any atom is 0.272 e. The Hall–Kier alpha value is -2.98. The van der Waals surface area contributed by atoms with Gasteiger partial charge in [0.1, 0.15) is 11.5 Å². The quantitative estimate of drug-likeness (QED) is 0.362. The van der Waals surface area contributed by atoms with Crippen molar-refractivity contribution in [3.8, 4) is 0 Å². The van der Waals surface area contributed by atoms with Gasteiger partial charge in [0.05, 0.1) is 17.9 Å². The first-order valence-electron chi connectivity index (χ1n) is 10.3. The van der Waals surface area contributed by atoms with E-state index in [9.17, 15) is 14.0 Å². The Morgan fingerprint density at radius 3 is 2.70 bits per heavy atom. The smallest absolute Gasteiger partial charge is 0.272 e. The summed E-state index contributed by atoms with van der Waals surface area (Å²) in [7, 11) is 0. The molecule has 33 heavy (non-hydrogen) atoms. The number of hydrogen-bond donors (Lipinski definition) is 4. The van der Waals surface area contributed by atoms with Gasteiger partial charge in [-0.2, -0.15) is 5.10 Å². The molecule has 0 saturated heterocycles. The Balaban J connectivity index is 1.54. The van der Waals surface area contributed by atoms with Crippen molar-refractivity contribution < 1.29 is 14.0 Å². The molecule has 0 aliphatic heterocycles. The summed E-state index contributed by atoms with van der Waals surface area (Å²) in [6.07, 6.45) is 6.27. The molecule has 2 amide bonds. The Morgan fingerprint density at radius 1 is 1.24 bits per heavy atom. The predicted molar refractivity (Wildman–Crippen MR) is 125 cm³/mol. The first kappa shape index (κ1) is 23.2. The molecule has 1 atom stereocenters. The van der Waals surface area contributed by atoms with Gasteiger partial charge in [-0.25, -0.2) is 9.37 Å². The summed E-state index contributed by atoms with van der Waals surface area (Å²) in [6, 6.07) is 4.69. The number of rotatable bonds is 7. The van der Waals surface area contributed by atoms with E-state index in [0.717, 1.165) is 30.9 Å². The highest BCUT2D eigenvalue weighted by molar-refractivity contribution is 9.10. The van der Waals surface area contributed by atoms with Crippen molar-refractivity contribution in [3.63, 3.8) is 0 Å². The number of nitrogens with two attached hydrogens (primary N) is 1. The van der Waals surface area contributed by atoms with E-state index in [2.05, 4.69) is 41.7 Å². The summed E-state index contributed by atoms with van der Waals surface area (Å²) in [4.78, 5) is 29.8. The summed E-state index contributed by atoms with van der Waals surface area (Å²) in [5.74, 6) is -1.19. The van der Waals surface area contributed by atoms with E-state index >= 15 is 0 Å². The van der Waals surface area contributed by atoms with Crippen LogP contribution in [0.3, 0.4) is 0 Å². The molecule has 0 bridgehead atoms. The summed E-state index contributed by atoms with van der Waals surface area (Å²) in [6.45, 7) is -0.0239. The molecule has 0 radical (unpaired) electrons. The van der Waals surface area contributed by atoms with Crippen molar-refractivity contribution in [2.75, 3.05) is 12.3 Å². The third kappa shape index (κ3) is 5.33. The van der Waals surface area contributed by atoms with Crippen LogP contribution in [0.4, 0.5) is 10.1 Å². The van der Waals surface area contributed by atoms with E-state index in [1.165, 1.54) is 18.3 Å². The molecule has 2 heterocycles. The number of nitrogen functional groups attached to an aromatic ring is 1. The number of benzene rings is 1. The first-order valence-corrected chi connectivity index (χ1v) is 11.5. The average molecular weight is 536 g/mol. The number of carbonyl (C=O) groups excluding carboxylic acids is 2. The molecular formula is C22H21BrClFN6O2. The summed E-state index contributed by atoms with van der Waals surface area (Å²) in [5.41, 5.74) is 7.75. The Kier molecular flexibility index (Phi) is 6.94. The van der Waals surface area contributed by atoms with E-state index in [-0.39, 0.29) is 28.9 Å². The maximum absolute atomic E-state index is 14.0. The number of aromatic nitrogens is 3. The maximum atomic E-state index is 14.0. The lowest BCUT2D eigenvalue weighted by Gasteiger charge is -2.25. The van der Waals surface area contributed by atoms with Crippen LogP contribution in [0.25, 0.3) is 0 Å². The Morgan fingerprint density at radius 2 is 2.03 bits per heavy atom. The zero-order valence-corrected chi connectivity index (χ0v) is 19.7. The van der Waals surface area contributed by atoms with Crippen LogP contribution in [0, 0.1) is 5.82 Å². The molecule has 5 N–H and O–H groups in total. The Bertz CT molecular complexity index is 1180. The van der Waals surface area contributed by atoms with Crippen molar-refractivity contribution in [1.29, 1.82) is 0 Å². The van der Waals surface area contributed by atoms with Crippen molar-refractivity contribution in [2.24, 2.45) is 0 Å². The fourth-order valence-electron chi connectivity index (χ4n) is 3.69. The molecule has 1 aliphatic carbocycles. The van der Waals surface area contributed by atoms with E-state index in [4.69, 9.17) is 17.3 Å². The zero-order valence-electron chi connectivity index (χ0n) is 17.4. The molecule has 0 spiro atoms. The molecule has 1 aliphatic rings. The van der Waals surface area contributed by atoms with Gasteiger partial charge in [0.15, 0.2) is 5.69 Å². The fraction of sp³-hybridized carbons (Fsp3) is 0.273. The van der Waals surface area contributed by atoms with E-state index in [1.807, 2.05) is 0 Å². The van der Waals surface area contributed by atoms with Crippen molar-refractivity contribution in [2.45, 2.75) is 31.2 Å². The molecule has 1 unspecified atom stereocenters. The van der Waals surface area contributed by atoms with Crippen LogP contribution in [-0.2, 0) is 0 Å². The third-order valence-electron chi connectivity index (χ3n) is 5.60. The minimum atomic E-state index is -0.797. The van der Waals surface area contributed by atoms with Crippen molar-refractivity contribution in [3.05, 3.63) is 74.5 Å². The lowest BCUT2D eigenvalue weighted by molar-refractivity contribution is 0.0903. The highest BCUT2D eigenvalue weighted by atomic mass is 79.9. The lowest BCUT2D eigenvalue weighted by atomic mass is 9.80. The van der Waals surface area contributed by atoms with Crippen LogP contribution in [0.1, 0.15) is 63.3 Å². The molecule has 3 aromatic rings. The molecule has 172 valence electrons. The topological polar surface area (TPSA) is 126 Å². The van der Waals surface area contributed by atoms with Crippen molar-refractivity contribution in [1.82, 2.24) is 25.8 Å². The highest BCUT2D eigenvalue weighted by Gasteiger charge is 2.27. The number of aromatic amines is 1. The number of H-pyrrole nitrogens is 1. The van der Waals surface area contributed by atoms with Crippen LogP contribution in [0.2, 0.25) is 5.02 Å². The number of halogens is 3. The lowest BCUT2D eigenvalue weighted by Crippen LogP contribution is -2.39. The van der Waals surface area contributed by atoms with Gasteiger partial charge in [0, 0.05) is 27.8 Å².